The SMILES string of the molecule is COc1ccc(N2C(=O)[C@H](CCCc3ccccc3)[C@H]2c2ccc(O[C@@H]3O[C@H](COCc4ccccc4)[C@@H](OCc4ccccc4)[C@H](OCc4ccccc4)[C@H]3OCc3ccccc3)cc2)cc1. The van der Waals surface area contributed by atoms with Gasteiger partial charge in [0, 0.05) is 5.69 Å². The summed E-state index contributed by atoms with van der Waals surface area (Å²) in [6.07, 6.45) is -0.900. The van der Waals surface area contributed by atoms with Crippen LogP contribution in [0.3, 0.4) is 0 Å². The van der Waals surface area contributed by atoms with E-state index in [0.29, 0.717) is 32.2 Å². The molecule has 0 unspecified atom stereocenters. The van der Waals surface area contributed by atoms with Crippen LogP contribution in [-0.2, 0) is 61.3 Å². The maximum absolute atomic E-state index is 14.0. The number of aryl methyl sites for hydroxylation is 1. The summed E-state index contributed by atoms with van der Waals surface area (Å²) in [5.41, 5.74) is 7.22. The van der Waals surface area contributed by atoms with Gasteiger partial charge >= 0.3 is 0 Å². The summed E-state index contributed by atoms with van der Waals surface area (Å²) < 4.78 is 46.4. The number of carbonyl (C=O) groups excluding carboxylic acids is 1. The third-order valence-corrected chi connectivity index (χ3v) is 12.7. The summed E-state index contributed by atoms with van der Waals surface area (Å²) in [6, 6.07) is 66.4. The second-order valence-electron chi connectivity index (χ2n) is 17.3. The van der Waals surface area contributed by atoms with E-state index in [2.05, 4.69) is 36.4 Å². The lowest BCUT2D eigenvalue weighted by Crippen LogP contribution is -2.62. The highest BCUT2D eigenvalue weighted by molar-refractivity contribution is 6.03. The van der Waals surface area contributed by atoms with Crippen LogP contribution in [0.2, 0.25) is 0 Å². The van der Waals surface area contributed by atoms with Crippen LogP contribution in [0.1, 0.15) is 52.3 Å². The third kappa shape index (κ3) is 11.9. The maximum Gasteiger partial charge on any atom is 0.233 e. The van der Waals surface area contributed by atoms with Crippen LogP contribution in [0.15, 0.2) is 200 Å². The third-order valence-electron chi connectivity index (χ3n) is 12.7. The molecule has 9 nitrogen and oxygen atoms in total. The number of methoxy groups -OCH3 is 1. The van der Waals surface area contributed by atoms with Gasteiger partial charge in [0.2, 0.25) is 12.2 Å². The number of amides is 1. The Balaban J connectivity index is 1.01. The molecule has 9 rings (SSSR count). The van der Waals surface area contributed by atoms with Crippen LogP contribution in [0.5, 0.6) is 11.5 Å². The van der Waals surface area contributed by atoms with Crippen LogP contribution in [0.4, 0.5) is 5.69 Å². The fraction of sp³-hybridized carbons (Fsp3) is 0.271. The van der Waals surface area contributed by atoms with Crippen molar-refractivity contribution in [1.82, 2.24) is 0 Å². The highest BCUT2D eigenvalue weighted by Gasteiger charge is 2.51. The average Bonchev–Trinajstić information content (AvgIpc) is 3.39. The van der Waals surface area contributed by atoms with Gasteiger partial charge in [-0.3, -0.25) is 4.79 Å². The molecule has 0 bridgehead atoms. The molecular formula is C59H59NO8. The molecule has 0 aliphatic carbocycles. The summed E-state index contributed by atoms with van der Waals surface area (Å²) in [5, 5.41) is 0. The summed E-state index contributed by atoms with van der Waals surface area (Å²) in [4.78, 5) is 15.9. The van der Waals surface area contributed by atoms with Crippen molar-refractivity contribution in [3.05, 3.63) is 234 Å². The van der Waals surface area contributed by atoms with Gasteiger partial charge in [0.1, 0.15) is 35.9 Å². The van der Waals surface area contributed by atoms with Gasteiger partial charge in [0.05, 0.1) is 52.1 Å². The number of anilines is 1. The zero-order valence-corrected chi connectivity index (χ0v) is 38.5. The van der Waals surface area contributed by atoms with Crippen LogP contribution >= 0.6 is 0 Å². The molecule has 348 valence electrons. The molecule has 7 atom stereocenters. The van der Waals surface area contributed by atoms with Crippen molar-refractivity contribution in [1.29, 1.82) is 0 Å². The van der Waals surface area contributed by atoms with Gasteiger partial charge in [-0.05, 0) is 89.0 Å². The molecule has 1 amide bonds. The largest absolute Gasteiger partial charge is 0.497 e. The van der Waals surface area contributed by atoms with Crippen molar-refractivity contribution in [2.24, 2.45) is 5.92 Å². The van der Waals surface area contributed by atoms with E-state index in [-0.39, 0.29) is 24.5 Å². The Bertz CT molecular complexity index is 2570. The predicted molar refractivity (Wildman–Crippen MR) is 263 cm³/mol. The molecule has 2 fully saturated rings. The molecule has 0 radical (unpaired) electrons. The standard InChI is InChI=1S/C59H59NO8/c1-62-50-36-32-49(33-37-50)60-54(52(58(60)61)29-17-28-43-18-7-2-8-19-43)48-30-34-51(35-31-48)67-59-57(66-41-47-26-15-6-16-27-47)56(65-40-46-24-13-5-14-25-46)55(64-39-45-22-11-4-12-23-45)53(68-59)42-63-38-44-20-9-3-10-21-44/h2-16,18-27,30-37,52-57,59H,17,28-29,38-42H2,1H3/t52-,53-,54-,55-,56+,57-,59-/m1/s1. The zero-order chi connectivity index (χ0) is 46.3. The molecule has 7 aromatic rings. The summed E-state index contributed by atoms with van der Waals surface area (Å²) in [7, 11) is 1.64. The van der Waals surface area contributed by atoms with Crippen LogP contribution in [0.25, 0.3) is 0 Å². The first-order chi connectivity index (χ1) is 33.6. The Hall–Kier alpha value is -6.59. The van der Waals surface area contributed by atoms with E-state index in [1.165, 1.54) is 5.56 Å². The second kappa shape index (κ2) is 23.4. The van der Waals surface area contributed by atoms with E-state index in [9.17, 15) is 4.79 Å². The van der Waals surface area contributed by atoms with Crippen LogP contribution in [0, 0.1) is 5.92 Å². The Morgan fingerprint density at radius 2 is 0.971 bits per heavy atom. The van der Waals surface area contributed by atoms with Gasteiger partial charge in [-0.15, -0.1) is 0 Å². The van der Waals surface area contributed by atoms with Gasteiger partial charge in [-0.25, -0.2) is 0 Å². The monoisotopic (exact) mass is 909 g/mol. The Morgan fingerprint density at radius 1 is 0.500 bits per heavy atom. The Morgan fingerprint density at radius 3 is 1.50 bits per heavy atom. The quantitative estimate of drug-likeness (QED) is 0.0622. The Labute approximate surface area is 400 Å². The highest BCUT2D eigenvalue weighted by Crippen LogP contribution is 2.46. The summed E-state index contributed by atoms with van der Waals surface area (Å²) in [5.74, 6) is 1.27. The molecule has 2 aliphatic heterocycles. The fourth-order valence-corrected chi connectivity index (χ4v) is 9.13. The molecule has 0 saturated carbocycles. The van der Waals surface area contributed by atoms with Gasteiger partial charge in [-0.1, -0.05) is 164 Å². The molecular weight excluding hydrogens is 851 g/mol. The topological polar surface area (TPSA) is 84.9 Å². The van der Waals surface area contributed by atoms with E-state index in [1.54, 1.807) is 7.11 Å². The normalized spacial score (nSPS) is 21.2. The molecule has 0 spiro atoms. The molecule has 2 heterocycles. The van der Waals surface area contributed by atoms with Crippen LogP contribution < -0.4 is 14.4 Å². The number of hydrogen-bond acceptors (Lipinski definition) is 8. The molecule has 2 saturated heterocycles. The van der Waals surface area contributed by atoms with Crippen molar-refractivity contribution in [2.75, 3.05) is 18.6 Å². The summed E-state index contributed by atoms with van der Waals surface area (Å²) >= 11 is 0. The van der Waals surface area contributed by atoms with Gasteiger partial charge in [-0.2, -0.15) is 0 Å². The molecule has 2 aliphatic rings. The molecule has 0 aromatic heterocycles. The molecule has 0 N–H and O–H groups in total. The minimum Gasteiger partial charge on any atom is -0.497 e. The fourth-order valence-electron chi connectivity index (χ4n) is 9.13. The average molecular weight is 910 g/mol. The van der Waals surface area contributed by atoms with E-state index >= 15 is 0 Å². The number of rotatable bonds is 22. The van der Waals surface area contributed by atoms with Crippen molar-refractivity contribution in [3.63, 3.8) is 0 Å². The number of carbonyl (C=O) groups is 1. The zero-order valence-electron chi connectivity index (χ0n) is 38.5. The van der Waals surface area contributed by atoms with Gasteiger partial charge in [0.25, 0.3) is 0 Å². The number of nitrogens with zero attached hydrogens (tertiary/aromatic N) is 1. The Kier molecular flexibility index (Phi) is 16.0. The summed E-state index contributed by atoms with van der Waals surface area (Å²) in [6.45, 7) is 1.55. The lowest BCUT2D eigenvalue weighted by molar-refractivity contribution is -0.310. The minimum atomic E-state index is -0.918. The minimum absolute atomic E-state index is 0.119. The highest BCUT2D eigenvalue weighted by atomic mass is 16.7. The van der Waals surface area contributed by atoms with Crippen molar-refractivity contribution < 1.29 is 38.0 Å². The van der Waals surface area contributed by atoms with Crippen LogP contribution in [-0.4, -0.2) is 50.3 Å². The lowest BCUT2D eigenvalue weighted by Gasteiger charge is -2.48. The predicted octanol–water partition coefficient (Wildman–Crippen LogP) is 11.5. The number of β-lactam (4-membered cyclic amide) rings is 1. The van der Waals surface area contributed by atoms with Crippen molar-refractivity contribution >= 4 is 11.6 Å². The van der Waals surface area contributed by atoms with E-state index in [4.69, 9.17) is 33.2 Å². The van der Waals surface area contributed by atoms with E-state index in [1.807, 2.05) is 169 Å². The first kappa shape index (κ1) is 46.5. The lowest BCUT2D eigenvalue weighted by atomic mass is 9.78. The first-order valence-electron chi connectivity index (χ1n) is 23.6. The van der Waals surface area contributed by atoms with Crippen molar-refractivity contribution in [3.8, 4) is 11.5 Å². The number of hydrogen-bond donors (Lipinski definition) is 0. The maximum atomic E-state index is 14.0. The van der Waals surface area contributed by atoms with E-state index < -0.39 is 30.7 Å². The van der Waals surface area contributed by atoms with Gasteiger partial charge in [0.15, 0.2) is 0 Å². The second-order valence-corrected chi connectivity index (χ2v) is 17.3. The van der Waals surface area contributed by atoms with Gasteiger partial charge < -0.3 is 38.1 Å². The molecule has 9 heteroatoms. The smallest absolute Gasteiger partial charge is 0.233 e. The van der Waals surface area contributed by atoms with Crippen molar-refractivity contribution in [2.45, 2.75) is 82.4 Å². The van der Waals surface area contributed by atoms with E-state index in [0.717, 1.165) is 58.5 Å². The molecule has 68 heavy (non-hydrogen) atoms. The molecule has 7 aromatic carbocycles. The number of benzene rings is 7. The first-order valence-corrected chi connectivity index (χ1v) is 23.6. The number of ether oxygens (including phenoxy) is 7.